The first-order chi connectivity index (χ1) is 13.0. The fourth-order valence-electron chi connectivity index (χ4n) is 2.42. The van der Waals surface area contributed by atoms with Crippen molar-refractivity contribution in [2.75, 3.05) is 13.7 Å². The summed E-state index contributed by atoms with van der Waals surface area (Å²) in [6.07, 6.45) is -4.05. The van der Waals surface area contributed by atoms with E-state index >= 15 is 0 Å². The molecule has 1 heterocycles. The Morgan fingerprint density at radius 3 is 2.04 bits per heavy atom. The number of hydrogen-bond donors (Lipinski definition) is 0. The van der Waals surface area contributed by atoms with Crippen LogP contribution in [0.4, 0.5) is 0 Å². The smallest absolute Gasteiger partial charge is 0.373 e. The maximum atomic E-state index is 11.9. The van der Waals surface area contributed by atoms with E-state index in [0.29, 0.717) is 0 Å². The van der Waals surface area contributed by atoms with Crippen LogP contribution in [0.25, 0.3) is 0 Å². The van der Waals surface area contributed by atoms with Gasteiger partial charge >= 0.3 is 29.8 Å². The van der Waals surface area contributed by atoms with Gasteiger partial charge in [-0.2, -0.15) is 0 Å². The van der Waals surface area contributed by atoms with Crippen molar-refractivity contribution in [3.8, 4) is 0 Å². The average Bonchev–Trinajstić information content (AvgIpc) is 2.57. The zero-order chi connectivity index (χ0) is 21.4. The molecule has 0 saturated heterocycles. The summed E-state index contributed by atoms with van der Waals surface area (Å²) in [5.41, 5.74) is 0. The van der Waals surface area contributed by atoms with Crippen LogP contribution in [-0.4, -0.2) is 68.0 Å². The lowest BCUT2D eigenvalue weighted by molar-refractivity contribution is -0.197. The van der Waals surface area contributed by atoms with E-state index in [4.69, 9.17) is 23.7 Å². The quantitative estimate of drug-likeness (QED) is 0.413. The molecule has 0 spiro atoms. The minimum atomic E-state index is -1.34. The minimum absolute atomic E-state index is 0.359. The Hall–Kier alpha value is -3.11. The number of esters is 5. The molecular weight excluding hydrogens is 380 g/mol. The van der Waals surface area contributed by atoms with Crippen LogP contribution in [0.3, 0.4) is 0 Å². The van der Waals surface area contributed by atoms with Gasteiger partial charge in [0.25, 0.3) is 0 Å². The van der Waals surface area contributed by atoms with Crippen molar-refractivity contribution < 1.29 is 52.4 Å². The zero-order valence-corrected chi connectivity index (χ0v) is 16.1. The Morgan fingerprint density at radius 1 is 0.964 bits per heavy atom. The first-order valence-corrected chi connectivity index (χ1v) is 8.17. The lowest BCUT2D eigenvalue weighted by Gasteiger charge is -2.38. The van der Waals surface area contributed by atoms with Crippen LogP contribution in [-0.2, 0) is 52.4 Å². The van der Waals surface area contributed by atoms with Gasteiger partial charge in [0.05, 0.1) is 7.11 Å². The lowest BCUT2D eigenvalue weighted by Crippen LogP contribution is -2.54. The van der Waals surface area contributed by atoms with Crippen LogP contribution < -0.4 is 0 Å². The van der Waals surface area contributed by atoms with Crippen molar-refractivity contribution in [2.45, 2.75) is 52.1 Å². The molecule has 11 heteroatoms. The van der Waals surface area contributed by atoms with Gasteiger partial charge < -0.3 is 28.4 Å². The van der Waals surface area contributed by atoms with Gasteiger partial charge in [0.1, 0.15) is 6.61 Å². The molecule has 0 aromatic rings. The van der Waals surface area contributed by atoms with E-state index in [1.54, 1.807) is 0 Å². The molecule has 11 nitrogen and oxygen atoms in total. The van der Waals surface area contributed by atoms with Crippen molar-refractivity contribution in [1.82, 2.24) is 0 Å². The molecule has 1 rings (SSSR count). The molecule has 156 valence electrons. The third-order valence-corrected chi connectivity index (χ3v) is 3.35. The molecule has 0 aromatic heterocycles. The molecular formula is C17H22O11. The number of hydrogen-bond acceptors (Lipinski definition) is 11. The molecule has 0 saturated carbocycles. The van der Waals surface area contributed by atoms with E-state index in [0.717, 1.165) is 40.9 Å². The first kappa shape index (κ1) is 22.9. The van der Waals surface area contributed by atoms with Gasteiger partial charge in [-0.05, 0) is 0 Å². The van der Waals surface area contributed by atoms with Gasteiger partial charge in [0, 0.05) is 33.8 Å². The van der Waals surface area contributed by atoms with Crippen molar-refractivity contribution in [3.05, 3.63) is 11.8 Å². The third kappa shape index (κ3) is 6.89. The monoisotopic (exact) mass is 402 g/mol. The Kier molecular flexibility index (Phi) is 8.42. The number of carbonyl (C=O) groups is 5. The van der Waals surface area contributed by atoms with Crippen LogP contribution in [0.1, 0.15) is 27.7 Å². The van der Waals surface area contributed by atoms with Gasteiger partial charge in [0.15, 0.2) is 24.4 Å². The highest BCUT2D eigenvalue weighted by molar-refractivity contribution is 5.86. The Balaban J connectivity index is 3.35. The molecule has 4 atom stereocenters. The molecule has 0 aliphatic carbocycles. The maximum absolute atomic E-state index is 11.9. The Morgan fingerprint density at radius 2 is 1.57 bits per heavy atom. The lowest BCUT2D eigenvalue weighted by atomic mass is 9.98. The summed E-state index contributed by atoms with van der Waals surface area (Å²) < 4.78 is 30.4. The van der Waals surface area contributed by atoms with Gasteiger partial charge in [0.2, 0.25) is 5.76 Å². The van der Waals surface area contributed by atoms with Gasteiger partial charge in [-0.15, -0.1) is 0 Å². The maximum Gasteiger partial charge on any atom is 0.373 e. The second kappa shape index (κ2) is 10.3. The average molecular weight is 402 g/mol. The molecule has 0 aromatic carbocycles. The highest BCUT2D eigenvalue weighted by Crippen LogP contribution is 2.28. The first-order valence-electron chi connectivity index (χ1n) is 8.17. The van der Waals surface area contributed by atoms with Crippen molar-refractivity contribution in [3.63, 3.8) is 0 Å². The predicted octanol–water partition coefficient (Wildman–Crippen LogP) is -0.200. The third-order valence-electron chi connectivity index (χ3n) is 3.35. The highest BCUT2D eigenvalue weighted by Gasteiger charge is 2.47. The van der Waals surface area contributed by atoms with Crippen LogP contribution in [0.2, 0.25) is 0 Å². The number of ether oxygens (including phenoxy) is 6. The van der Waals surface area contributed by atoms with E-state index in [2.05, 4.69) is 4.74 Å². The summed E-state index contributed by atoms with van der Waals surface area (Å²) in [6.45, 7) is 4.00. The molecule has 0 N–H and O–H groups in total. The largest absolute Gasteiger partial charge is 0.475 e. The second-order valence-electron chi connectivity index (χ2n) is 5.70. The van der Waals surface area contributed by atoms with E-state index in [9.17, 15) is 24.0 Å². The fraction of sp³-hybridized carbons (Fsp3) is 0.588. The Labute approximate surface area is 160 Å². The summed E-state index contributed by atoms with van der Waals surface area (Å²) >= 11 is 0. The molecule has 1 aliphatic heterocycles. The predicted molar refractivity (Wildman–Crippen MR) is 88.3 cm³/mol. The summed E-state index contributed by atoms with van der Waals surface area (Å²) in [4.78, 5) is 57.6. The molecule has 0 radical (unpaired) electrons. The molecule has 0 fully saturated rings. The fourth-order valence-corrected chi connectivity index (χ4v) is 2.42. The van der Waals surface area contributed by atoms with E-state index < -0.39 is 60.9 Å². The van der Waals surface area contributed by atoms with Crippen molar-refractivity contribution in [2.24, 2.45) is 0 Å². The normalized spacial score (nSPS) is 21.9. The second-order valence-corrected chi connectivity index (χ2v) is 5.70. The summed E-state index contributed by atoms with van der Waals surface area (Å²) in [5.74, 6) is -4.16. The minimum Gasteiger partial charge on any atom is -0.475 e. The van der Waals surface area contributed by atoms with E-state index in [1.807, 2.05) is 0 Å². The molecule has 0 bridgehead atoms. The topological polar surface area (TPSA) is 141 Å². The van der Waals surface area contributed by atoms with Crippen LogP contribution in [0.5, 0.6) is 0 Å². The van der Waals surface area contributed by atoms with Crippen molar-refractivity contribution in [1.29, 1.82) is 0 Å². The van der Waals surface area contributed by atoms with E-state index in [-0.39, 0.29) is 5.76 Å². The molecule has 1 aliphatic rings. The molecule has 28 heavy (non-hydrogen) atoms. The highest BCUT2D eigenvalue weighted by atomic mass is 16.6. The van der Waals surface area contributed by atoms with Crippen molar-refractivity contribution >= 4 is 29.8 Å². The van der Waals surface area contributed by atoms with E-state index in [1.165, 1.54) is 0 Å². The summed E-state index contributed by atoms with van der Waals surface area (Å²) in [6, 6.07) is 0. The van der Waals surface area contributed by atoms with Gasteiger partial charge in [-0.3, -0.25) is 19.2 Å². The number of carbonyl (C=O) groups excluding carboxylic acids is 5. The van der Waals surface area contributed by atoms with Gasteiger partial charge in [-0.1, -0.05) is 0 Å². The van der Waals surface area contributed by atoms with Crippen LogP contribution in [0, 0.1) is 0 Å². The summed E-state index contributed by atoms with van der Waals surface area (Å²) in [7, 11) is 1.10. The standard InChI is InChI=1S/C17H22O11/c1-8(18)24-7-14(26-10(3)20)16-15(27-11(4)21)12(25-9(2)19)6-13(28-16)17(22)23-5/h6,12,14-16H,7H2,1-5H3/t12-,14-,15-,16-/m1/s1. The summed E-state index contributed by atoms with van der Waals surface area (Å²) in [5, 5.41) is 0. The Bertz CT molecular complexity index is 666. The SMILES string of the molecule is COC(=O)C1=C[C@@H](OC(C)=O)[C@@H](OC(C)=O)[C@@H]([C@@H](COC(C)=O)OC(C)=O)O1. The van der Waals surface area contributed by atoms with Crippen LogP contribution >= 0.6 is 0 Å². The molecule has 0 amide bonds. The van der Waals surface area contributed by atoms with Gasteiger partial charge in [-0.25, -0.2) is 4.79 Å². The molecule has 0 unspecified atom stereocenters. The number of methoxy groups -OCH3 is 1. The van der Waals surface area contributed by atoms with Crippen LogP contribution in [0.15, 0.2) is 11.8 Å². The number of rotatable bonds is 7. The zero-order valence-electron chi connectivity index (χ0n) is 16.1.